The molecule has 1 aromatic rings. The molecule has 0 radical (unpaired) electrons. The van der Waals surface area contributed by atoms with Gasteiger partial charge >= 0.3 is 0 Å². The van der Waals surface area contributed by atoms with Crippen LogP contribution in [-0.4, -0.2) is 30.3 Å². The first-order chi connectivity index (χ1) is 9.65. The first-order valence-corrected chi connectivity index (χ1v) is 7.35. The van der Waals surface area contributed by atoms with Gasteiger partial charge in [-0.1, -0.05) is 23.7 Å². The highest BCUT2D eigenvalue weighted by atomic mass is 35.5. The minimum Gasteiger partial charge on any atom is -0.491 e. The van der Waals surface area contributed by atoms with Crippen LogP contribution in [0, 0.1) is 5.92 Å². The lowest BCUT2D eigenvalue weighted by atomic mass is 10.1. The molecule has 1 aromatic carbocycles. The molecule has 0 aliphatic heterocycles. The zero-order valence-electron chi connectivity index (χ0n) is 11.3. The van der Waals surface area contributed by atoms with Crippen molar-refractivity contribution in [2.75, 3.05) is 13.2 Å². The molecule has 0 heterocycles. The van der Waals surface area contributed by atoms with E-state index < -0.39 is 0 Å². The Balaban J connectivity index is 1.62. The van der Waals surface area contributed by atoms with Crippen LogP contribution in [0.15, 0.2) is 24.3 Å². The number of ether oxygens (including phenoxy) is 1. The molecular formula is C15H20ClNO3. The van der Waals surface area contributed by atoms with E-state index in [1.54, 1.807) is 12.1 Å². The maximum atomic E-state index is 11.7. The molecule has 2 rings (SSSR count). The molecule has 1 aliphatic rings. The molecule has 110 valence electrons. The maximum Gasteiger partial charge on any atom is 0.223 e. The van der Waals surface area contributed by atoms with Gasteiger partial charge in [0, 0.05) is 6.54 Å². The fourth-order valence-corrected chi connectivity index (χ4v) is 2.59. The van der Waals surface area contributed by atoms with Crippen molar-refractivity contribution >= 4 is 17.5 Å². The number of benzene rings is 1. The topological polar surface area (TPSA) is 58.6 Å². The lowest BCUT2D eigenvalue weighted by Crippen LogP contribution is -2.29. The standard InChI is InChI=1S/C15H20ClNO3/c16-13-3-1-2-4-14(13)20-8-7-15(19)17-10-11-5-6-12(18)9-11/h1-4,11-12,18H,5-10H2,(H,17,19). The summed E-state index contributed by atoms with van der Waals surface area (Å²) in [5, 5.41) is 12.8. The van der Waals surface area contributed by atoms with Gasteiger partial charge in [-0.25, -0.2) is 0 Å². The number of amides is 1. The molecule has 2 atom stereocenters. The molecule has 2 unspecified atom stereocenters. The summed E-state index contributed by atoms with van der Waals surface area (Å²) in [6.07, 6.45) is 2.73. The van der Waals surface area contributed by atoms with Crippen LogP contribution in [0.2, 0.25) is 5.02 Å². The molecule has 1 fully saturated rings. The van der Waals surface area contributed by atoms with E-state index in [0.717, 1.165) is 19.3 Å². The Hall–Kier alpha value is -1.26. The predicted octanol–water partition coefficient (Wildman–Crippen LogP) is 2.39. The van der Waals surface area contributed by atoms with Crippen molar-refractivity contribution in [3.05, 3.63) is 29.3 Å². The molecule has 1 saturated carbocycles. The Morgan fingerprint density at radius 3 is 2.90 bits per heavy atom. The molecule has 0 aromatic heterocycles. The second-order valence-corrected chi connectivity index (χ2v) is 5.57. The highest BCUT2D eigenvalue weighted by molar-refractivity contribution is 6.32. The summed E-state index contributed by atoms with van der Waals surface area (Å²) < 4.78 is 5.46. The summed E-state index contributed by atoms with van der Waals surface area (Å²) >= 11 is 5.95. The van der Waals surface area contributed by atoms with Crippen LogP contribution < -0.4 is 10.1 Å². The molecule has 1 amide bonds. The Labute approximate surface area is 124 Å². The molecule has 20 heavy (non-hydrogen) atoms. The van der Waals surface area contributed by atoms with Crippen molar-refractivity contribution in [2.45, 2.75) is 31.8 Å². The highest BCUT2D eigenvalue weighted by Crippen LogP contribution is 2.24. The summed E-state index contributed by atoms with van der Waals surface area (Å²) in [5.74, 6) is 0.970. The molecular weight excluding hydrogens is 278 g/mol. The van der Waals surface area contributed by atoms with Gasteiger partial charge in [-0.3, -0.25) is 4.79 Å². The number of halogens is 1. The number of carbonyl (C=O) groups excluding carboxylic acids is 1. The van der Waals surface area contributed by atoms with Crippen molar-refractivity contribution in [1.82, 2.24) is 5.32 Å². The van der Waals surface area contributed by atoms with Gasteiger partial charge in [0.15, 0.2) is 0 Å². The summed E-state index contributed by atoms with van der Waals surface area (Å²) in [4.78, 5) is 11.7. The fourth-order valence-electron chi connectivity index (χ4n) is 2.40. The summed E-state index contributed by atoms with van der Waals surface area (Å²) in [6.45, 7) is 0.949. The largest absolute Gasteiger partial charge is 0.491 e. The minimum absolute atomic E-state index is 0.0292. The maximum absolute atomic E-state index is 11.7. The Morgan fingerprint density at radius 2 is 2.20 bits per heavy atom. The smallest absolute Gasteiger partial charge is 0.223 e. The summed E-state index contributed by atoms with van der Waals surface area (Å²) in [7, 11) is 0. The number of hydrogen-bond acceptors (Lipinski definition) is 3. The van der Waals surface area contributed by atoms with Crippen molar-refractivity contribution in [1.29, 1.82) is 0 Å². The van der Waals surface area contributed by atoms with Gasteiger partial charge in [0.05, 0.1) is 24.2 Å². The molecule has 0 saturated heterocycles. The summed E-state index contributed by atoms with van der Waals surface area (Å²) in [5.41, 5.74) is 0. The minimum atomic E-state index is -0.194. The van der Waals surface area contributed by atoms with Crippen LogP contribution >= 0.6 is 11.6 Å². The molecule has 0 spiro atoms. The van der Waals surface area contributed by atoms with Gasteiger partial charge < -0.3 is 15.2 Å². The van der Waals surface area contributed by atoms with E-state index in [0.29, 0.717) is 36.3 Å². The Bertz CT molecular complexity index is 452. The third-order valence-corrected chi connectivity index (χ3v) is 3.84. The first kappa shape index (κ1) is 15.1. The van der Waals surface area contributed by atoms with Crippen molar-refractivity contribution in [2.24, 2.45) is 5.92 Å². The van der Waals surface area contributed by atoms with E-state index in [9.17, 15) is 9.90 Å². The molecule has 0 bridgehead atoms. The number of para-hydroxylation sites is 1. The Morgan fingerprint density at radius 1 is 1.40 bits per heavy atom. The molecule has 2 N–H and O–H groups in total. The summed E-state index contributed by atoms with van der Waals surface area (Å²) in [6, 6.07) is 7.20. The second-order valence-electron chi connectivity index (χ2n) is 5.17. The highest BCUT2D eigenvalue weighted by Gasteiger charge is 2.22. The predicted molar refractivity (Wildman–Crippen MR) is 77.9 cm³/mol. The number of aliphatic hydroxyl groups excluding tert-OH is 1. The van der Waals surface area contributed by atoms with Crippen molar-refractivity contribution in [3.63, 3.8) is 0 Å². The lowest BCUT2D eigenvalue weighted by Gasteiger charge is -2.11. The van der Waals surface area contributed by atoms with E-state index in [1.807, 2.05) is 12.1 Å². The van der Waals surface area contributed by atoms with Crippen LogP contribution in [0.4, 0.5) is 0 Å². The number of carbonyl (C=O) groups is 1. The number of hydrogen-bond donors (Lipinski definition) is 2. The number of aliphatic hydroxyl groups is 1. The molecule has 4 nitrogen and oxygen atoms in total. The van der Waals surface area contributed by atoms with Gasteiger partial charge in [-0.05, 0) is 37.3 Å². The van der Waals surface area contributed by atoms with Gasteiger partial charge in [0.25, 0.3) is 0 Å². The van der Waals surface area contributed by atoms with Gasteiger partial charge in [-0.2, -0.15) is 0 Å². The van der Waals surface area contributed by atoms with E-state index in [-0.39, 0.29) is 12.0 Å². The SMILES string of the molecule is O=C(CCOc1ccccc1Cl)NCC1CCC(O)C1. The van der Waals surface area contributed by atoms with Crippen molar-refractivity contribution in [3.8, 4) is 5.75 Å². The third kappa shape index (κ3) is 4.69. The number of nitrogens with one attached hydrogen (secondary N) is 1. The van der Waals surface area contributed by atoms with E-state index in [1.165, 1.54) is 0 Å². The third-order valence-electron chi connectivity index (χ3n) is 3.52. The average Bonchev–Trinajstić information content (AvgIpc) is 2.84. The zero-order valence-corrected chi connectivity index (χ0v) is 12.1. The van der Waals surface area contributed by atoms with E-state index in [2.05, 4.69) is 5.32 Å². The molecule has 1 aliphatic carbocycles. The zero-order chi connectivity index (χ0) is 14.4. The average molecular weight is 298 g/mol. The van der Waals surface area contributed by atoms with E-state index >= 15 is 0 Å². The molecule has 5 heteroatoms. The van der Waals surface area contributed by atoms with Crippen LogP contribution in [-0.2, 0) is 4.79 Å². The number of rotatable bonds is 6. The van der Waals surface area contributed by atoms with Crippen LogP contribution in [0.5, 0.6) is 5.75 Å². The first-order valence-electron chi connectivity index (χ1n) is 6.97. The van der Waals surface area contributed by atoms with Crippen molar-refractivity contribution < 1.29 is 14.6 Å². The van der Waals surface area contributed by atoms with Gasteiger partial charge in [-0.15, -0.1) is 0 Å². The van der Waals surface area contributed by atoms with Crippen LogP contribution in [0.25, 0.3) is 0 Å². The quantitative estimate of drug-likeness (QED) is 0.847. The Kier molecular flexibility index (Phi) is 5.68. The monoisotopic (exact) mass is 297 g/mol. The van der Waals surface area contributed by atoms with Crippen LogP contribution in [0.1, 0.15) is 25.7 Å². The lowest BCUT2D eigenvalue weighted by molar-refractivity contribution is -0.121. The normalized spacial score (nSPS) is 21.7. The second kappa shape index (κ2) is 7.50. The van der Waals surface area contributed by atoms with Gasteiger partial charge in [0.2, 0.25) is 5.91 Å². The fraction of sp³-hybridized carbons (Fsp3) is 0.533. The van der Waals surface area contributed by atoms with Gasteiger partial charge in [0.1, 0.15) is 5.75 Å². The van der Waals surface area contributed by atoms with E-state index in [4.69, 9.17) is 16.3 Å². The van der Waals surface area contributed by atoms with Crippen LogP contribution in [0.3, 0.4) is 0 Å².